The first-order valence-electron chi connectivity index (χ1n) is 7.74. The lowest BCUT2D eigenvalue weighted by Gasteiger charge is -2.25. The molecule has 2 aromatic heterocycles. The molecule has 0 aliphatic carbocycles. The van der Waals surface area contributed by atoms with Gasteiger partial charge in [0.15, 0.2) is 0 Å². The maximum atomic E-state index is 4.09. The second kappa shape index (κ2) is 8.51. The summed E-state index contributed by atoms with van der Waals surface area (Å²) in [5, 5.41) is 21.3. The average Bonchev–Trinajstić information content (AvgIpc) is 3.17. The van der Waals surface area contributed by atoms with Crippen molar-refractivity contribution in [1.82, 2.24) is 35.7 Å². The molecular formula is C14H25N7. The molecule has 7 heteroatoms. The van der Waals surface area contributed by atoms with Crippen LogP contribution in [-0.4, -0.2) is 42.3 Å². The van der Waals surface area contributed by atoms with Gasteiger partial charge in [-0.15, -0.1) is 10.2 Å². The quantitative estimate of drug-likeness (QED) is 0.700. The van der Waals surface area contributed by atoms with E-state index in [4.69, 9.17) is 0 Å². The Morgan fingerprint density at radius 1 is 1.05 bits per heavy atom. The van der Waals surface area contributed by atoms with Crippen molar-refractivity contribution < 1.29 is 0 Å². The molecule has 0 saturated heterocycles. The molecule has 1 atom stereocenters. The van der Waals surface area contributed by atoms with E-state index in [1.165, 1.54) is 25.7 Å². The summed E-state index contributed by atoms with van der Waals surface area (Å²) >= 11 is 0. The minimum absolute atomic E-state index is 0.712. The van der Waals surface area contributed by atoms with Crippen molar-refractivity contribution in [3.63, 3.8) is 0 Å². The van der Waals surface area contributed by atoms with Gasteiger partial charge in [0.2, 0.25) is 0 Å². The summed E-state index contributed by atoms with van der Waals surface area (Å²) in [7, 11) is 0. The van der Waals surface area contributed by atoms with Gasteiger partial charge in [0.25, 0.3) is 0 Å². The fourth-order valence-electron chi connectivity index (χ4n) is 2.53. The molecule has 0 bridgehead atoms. The van der Waals surface area contributed by atoms with Crippen LogP contribution in [0.25, 0.3) is 0 Å². The zero-order chi connectivity index (χ0) is 14.9. The molecule has 0 fully saturated rings. The van der Waals surface area contributed by atoms with E-state index in [0.717, 1.165) is 31.0 Å². The highest BCUT2D eigenvalue weighted by atomic mass is 15.3. The zero-order valence-electron chi connectivity index (χ0n) is 12.9. The third kappa shape index (κ3) is 5.26. The predicted octanol–water partition coefficient (Wildman–Crippen LogP) is 2.14. The number of H-pyrrole nitrogens is 2. The van der Waals surface area contributed by atoms with Gasteiger partial charge in [-0.1, -0.05) is 43.5 Å². The van der Waals surface area contributed by atoms with Gasteiger partial charge in [0.05, 0.1) is 11.4 Å². The van der Waals surface area contributed by atoms with Crippen LogP contribution in [0.3, 0.4) is 0 Å². The SMILES string of the molecule is CCCCC(CC)CN(Cc1c[nH]nn1)Cc1c[nH]nn1. The van der Waals surface area contributed by atoms with Gasteiger partial charge in [0.1, 0.15) is 0 Å². The summed E-state index contributed by atoms with van der Waals surface area (Å²) in [4.78, 5) is 2.37. The van der Waals surface area contributed by atoms with E-state index < -0.39 is 0 Å². The highest BCUT2D eigenvalue weighted by molar-refractivity contribution is 4.94. The Bertz CT molecular complexity index is 429. The van der Waals surface area contributed by atoms with Crippen LogP contribution in [0.2, 0.25) is 0 Å². The van der Waals surface area contributed by atoms with Crippen molar-refractivity contribution in [2.24, 2.45) is 5.92 Å². The van der Waals surface area contributed by atoms with E-state index in [-0.39, 0.29) is 0 Å². The highest BCUT2D eigenvalue weighted by Crippen LogP contribution is 2.16. The number of hydrogen-bond acceptors (Lipinski definition) is 5. The Kier molecular flexibility index (Phi) is 6.33. The number of rotatable bonds is 10. The molecule has 0 amide bonds. The second-order valence-corrected chi connectivity index (χ2v) is 5.52. The van der Waals surface area contributed by atoms with Gasteiger partial charge >= 0.3 is 0 Å². The topological polar surface area (TPSA) is 86.4 Å². The van der Waals surface area contributed by atoms with Crippen LogP contribution in [0, 0.1) is 5.92 Å². The number of aromatic nitrogens is 6. The van der Waals surface area contributed by atoms with Gasteiger partial charge in [-0.25, -0.2) is 0 Å². The fraction of sp³-hybridized carbons (Fsp3) is 0.714. The van der Waals surface area contributed by atoms with Gasteiger partial charge in [-0.3, -0.25) is 15.1 Å². The first kappa shape index (κ1) is 15.6. The second-order valence-electron chi connectivity index (χ2n) is 5.52. The Labute approximate surface area is 125 Å². The van der Waals surface area contributed by atoms with Crippen LogP contribution in [0.4, 0.5) is 0 Å². The predicted molar refractivity (Wildman–Crippen MR) is 80.2 cm³/mol. The molecule has 0 aromatic carbocycles. The van der Waals surface area contributed by atoms with Gasteiger partial charge < -0.3 is 0 Å². The monoisotopic (exact) mass is 291 g/mol. The van der Waals surface area contributed by atoms with E-state index in [2.05, 4.69) is 49.6 Å². The number of unbranched alkanes of at least 4 members (excludes halogenated alkanes) is 1. The van der Waals surface area contributed by atoms with Crippen LogP contribution >= 0.6 is 0 Å². The third-order valence-corrected chi connectivity index (χ3v) is 3.77. The van der Waals surface area contributed by atoms with Crippen molar-refractivity contribution >= 4 is 0 Å². The molecule has 2 rings (SSSR count). The third-order valence-electron chi connectivity index (χ3n) is 3.77. The molecular weight excluding hydrogens is 266 g/mol. The van der Waals surface area contributed by atoms with Crippen LogP contribution in [0.15, 0.2) is 12.4 Å². The highest BCUT2D eigenvalue weighted by Gasteiger charge is 2.15. The molecule has 0 spiro atoms. The van der Waals surface area contributed by atoms with Crippen molar-refractivity contribution in [2.75, 3.05) is 6.54 Å². The van der Waals surface area contributed by atoms with E-state index in [0.29, 0.717) is 5.92 Å². The first-order valence-corrected chi connectivity index (χ1v) is 7.74. The lowest BCUT2D eigenvalue weighted by atomic mass is 9.98. The maximum Gasteiger partial charge on any atom is 0.0964 e. The van der Waals surface area contributed by atoms with Crippen LogP contribution < -0.4 is 0 Å². The van der Waals surface area contributed by atoms with Crippen molar-refractivity contribution in [3.8, 4) is 0 Å². The molecule has 21 heavy (non-hydrogen) atoms. The normalized spacial score (nSPS) is 12.9. The maximum absolute atomic E-state index is 4.09. The van der Waals surface area contributed by atoms with E-state index >= 15 is 0 Å². The van der Waals surface area contributed by atoms with Crippen LogP contribution in [0.1, 0.15) is 50.9 Å². The Hall–Kier alpha value is -1.76. The lowest BCUT2D eigenvalue weighted by molar-refractivity contribution is 0.199. The van der Waals surface area contributed by atoms with Crippen molar-refractivity contribution in [1.29, 1.82) is 0 Å². The minimum atomic E-state index is 0.712. The molecule has 7 nitrogen and oxygen atoms in total. The first-order chi connectivity index (χ1) is 10.3. The summed E-state index contributed by atoms with van der Waals surface area (Å²) in [5.74, 6) is 0.712. The number of nitrogens with zero attached hydrogens (tertiary/aromatic N) is 5. The van der Waals surface area contributed by atoms with Gasteiger partial charge in [-0.2, -0.15) is 0 Å². The fourth-order valence-corrected chi connectivity index (χ4v) is 2.53. The Morgan fingerprint density at radius 3 is 2.10 bits per heavy atom. The van der Waals surface area contributed by atoms with E-state index in [1.807, 2.05) is 12.4 Å². The molecule has 0 saturated carbocycles. The Morgan fingerprint density at radius 2 is 1.67 bits per heavy atom. The van der Waals surface area contributed by atoms with Crippen molar-refractivity contribution in [3.05, 3.63) is 23.8 Å². The van der Waals surface area contributed by atoms with E-state index in [1.54, 1.807) is 0 Å². The average molecular weight is 291 g/mol. The molecule has 2 N–H and O–H groups in total. The molecule has 2 aromatic rings. The molecule has 0 aliphatic rings. The molecule has 2 heterocycles. The minimum Gasteiger partial charge on any atom is -0.291 e. The lowest BCUT2D eigenvalue weighted by Crippen LogP contribution is -2.29. The Balaban J connectivity index is 1.96. The summed E-state index contributed by atoms with van der Waals surface area (Å²) in [6.45, 7) is 7.13. The van der Waals surface area contributed by atoms with Crippen molar-refractivity contribution in [2.45, 2.75) is 52.6 Å². The molecule has 1 unspecified atom stereocenters. The standard InChI is InChI=1S/C14H25N7/c1-3-5-6-12(4-2)9-21(10-13-7-15-19-17-13)11-14-8-16-20-18-14/h7-8,12H,3-6,9-11H2,1-2H3,(H,15,17,19)(H,16,18,20). The molecule has 0 aliphatic heterocycles. The van der Waals surface area contributed by atoms with Gasteiger partial charge in [-0.05, 0) is 12.3 Å². The van der Waals surface area contributed by atoms with Gasteiger partial charge in [0, 0.05) is 32.0 Å². The molecule has 0 radical (unpaired) electrons. The smallest absolute Gasteiger partial charge is 0.0964 e. The van der Waals surface area contributed by atoms with Crippen LogP contribution in [0.5, 0.6) is 0 Å². The summed E-state index contributed by atoms with van der Waals surface area (Å²) in [6.07, 6.45) is 8.73. The molecule has 116 valence electrons. The summed E-state index contributed by atoms with van der Waals surface area (Å²) in [6, 6.07) is 0. The zero-order valence-corrected chi connectivity index (χ0v) is 12.9. The largest absolute Gasteiger partial charge is 0.291 e. The van der Waals surface area contributed by atoms with E-state index in [9.17, 15) is 0 Å². The number of nitrogens with one attached hydrogen (secondary N) is 2. The summed E-state index contributed by atoms with van der Waals surface area (Å²) in [5.41, 5.74) is 1.92. The number of aromatic amines is 2. The van der Waals surface area contributed by atoms with Crippen LogP contribution in [-0.2, 0) is 13.1 Å². The summed E-state index contributed by atoms with van der Waals surface area (Å²) < 4.78 is 0. The number of hydrogen-bond donors (Lipinski definition) is 2.